The zero-order valence-corrected chi connectivity index (χ0v) is 12.9. The van der Waals surface area contributed by atoms with Crippen LogP contribution in [0.5, 0.6) is 0 Å². The van der Waals surface area contributed by atoms with Crippen LogP contribution in [-0.4, -0.2) is 25.2 Å². The zero-order valence-electron chi connectivity index (χ0n) is 12.1. The van der Waals surface area contributed by atoms with Gasteiger partial charge < -0.3 is 9.67 Å². The molecule has 6 nitrogen and oxygen atoms in total. The van der Waals surface area contributed by atoms with E-state index >= 15 is 0 Å². The Bertz CT molecular complexity index is 946. The molecular formula is C16H12ClN3O3. The van der Waals surface area contributed by atoms with E-state index in [-0.39, 0.29) is 5.56 Å². The molecule has 7 heteroatoms. The number of hydrogen-bond acceptors (Lipinski definition) is 3. The van der Waals surface area contributed by atoms with Crippen LogP contribution in [0.3, 0.4) is 0 Å². The largest absolute Gasteiger partial charge is 0.477 e. The Morgan fingerprint density at radius 2 is 2.04 bits per heavy atom. The molecule has 0 bridgehead atoms. The average molecular weight is 330 g/mol. The molecule has 2 aromatic heterocycles. The van der Waals surface area contributed by atoms with Gasteiger partial charge in [0, 0.05) is 18.6 Å². The van der Waals surface area contributed by atoms with Crippen LogP contribution in [0.15, 0.2) is 54.0 Å². The molecule has 0 aliphatic carbocycles. The lowest BCUT2D eigenvalue weighted by molar-refractivity contribution is 0.0694. The summed E-state index contributed by atoms with van der Waals surface area (Å²) in [6.45, 7) is 1.59. The SMILES string of the molecule is Cc1ccn(-c2ccc(-n3ccnc3)c(Cl)c2)c(=O)c1C(=O)O. The van der Waals surface area contributed by atoms with Crippen LogP contribution >= 0.6 is 11.6 Å². The first-order valence-corrected chi connectivity index (χ1v) is 7.10. The maximum Gasteiger partial charge on any atom is 0.341 e. The first-order valence-electron chi connectivity index (χ1n) is 6.73. The lowest BCUT2D eigenvalue weighted by Gasteiger charge is -2.11. The van der Waals surface area contributed by atoms with Gasteiger partial charge in [0.25, 0.3) is 5.56 Å². The third-order valence-electron chi connectivity index (χ3n) is 3.51. The maximum atomic E-state index is 12.4. The van der Waals surface area contributed by atoms with Gasteiger partial charge in [0.05, 0.1) is 22.7 Å². The number of carboxylic acid groups (broad SMARTS) is 1. The highest BCUT2D eigenvalue weighted by atomic mass is 35.5. The average Bonchev–Trinajstić information content (AvgIpc) is 3.01. The Morgan fingerprint density at radius 1 is 1.26 bits per heavy atom. The van der Waals surface area contributed by atoms with Crippen molar-refractivity contribution in [2.75, 3.05) is 0 Å². The molecule has 0 radical (unpaired) electrons. The monoisotopic (exact) mass is 329 g/mol. The molecule has 0 atom stereocenters. The normalized spacial score (nSPS) is 10.7. The maximum absolute atomic E-state index is 12.4. The van der Waals surface area contributed by atoms with Crippen molar-refractivity contribution in [2.24, 2.45) is 0 Å². The predicted molar refractivity (Wildman–Crippen MR) is 85.9 cm³/mol. The van der Waals surface area contributed by atoms with Gasteiger partial charge in [0.2, 0.25) is 0 Å². The Labute approximate surface area is 136 Å². The topological polar surface area (TPSA) is 77.1 Å². The number of carboxylic acids is 1. The van der Waals surface area contributed by atoms with Gasteiger partial charge in [-0.25, -0.2) is 9.78 Å². The summed E-state index contributed by atoms with van der Waals surface area (Å²) in [5.41, 5.74) is 0.782. The molecule has 1 N–H and O–H groups in total. The molecule has 0 saturated heterocycles. The third kappa shape index (κ3) is 2.64. The van der Waals surface area contributed by atoms with Gasteiger partial charge >= 0.3 is 5.97 Å². The molecular weight excluding hydrogens is 318 g/mol. The number of aromatic carboxylic acids is 1. The summed E-state index contributed by atoms with van der Waals surface area (Å²) in [6.07, 6.45) is 6.53. The summed E-state index contributed by atoms with van der Waals surface area (Å²) >= 11 is 6.28. The summed E-state index contributed by atoms with van der Waals surface area (Å²) in [7, 11) is 0. The minimum Gasteiger partial charge on any atom is -0.477 e. The fraction of sp³-hybridized carbons (Fsp3) is 0.0625. The van der Waals surface area contributed by atoms with Crippen molar-refractivity contribution in [1.82, 2.24) is 14.1 Å². The Hall–Kier alpha value is -2.86. The summed E-state index contributed by atoms with van der Waals surface area (Å²) in [6, 6.07) is 6.64. The van der Waals surface area contributed by atoms with Crippen molar-refractivity contribution in [2.45, 2.75) is 6.92 Å². The lowest BCUT2D eigenvalue weighted by atomic mass is 10.1. The number of pyridine rings is 1. The minimum absolute atomic E-state index is 0.248. The Morgan fingerprint density at radius 3 is 2.65 bits per heavy atom. The quantitative estimate of drug-likeness (QED) is 0.801. The van der Waals surface area contributed by atoms with E-state index in [0.29, 0.717) is 22.0 Å². The van der Waals surface area contributed by atoms with Crippen LogP contribution in [0.1, 0.15) is 15.9 Å². The van der Waals surface area contributed by atoms with Gasteiger partial charge in [-0.2, -0.15) is 0 Å². The van der Waals surface area contributed by atoms with Crippen LogP contribution in [-0.2, 0) is 0 Å². The van der Waals surface area contributed by atoms with Crippen molar-refractivity contribution in [3.05, 3.63) is 75.7 Å². The number of imidazole rings is 1. The number of halogens is 1. The minimum atomic E-state index is -1.25. The van der Waals surface area contributed by atoms with Gasteiger partial charge in [0.1, 0.15) is 5.56 Å². The second-order valence-corrected chi connectivity index (χ2v) is 5.37. The van der Waals surface area contributed by atoms with Crippen molar-refractivity contribution in [1.29, 1.82) is 0 Å². The number of hydrogen-bond donors (Lipinski definition) is 1. The van der Waals surface area contributed by atoms with Crippen LogP contribution < -0.4 is 5.56 Å². The number of nitrogens with zero attached hydrogens (tertiary/aromatic N) is 3. The molecule has 1 aromatic carbocycles. The van der Waals surface area contributed by atoms with Gasteiger partial charge in [-0.15, -0.1) is 0 Å². The van der Waals surface area contributed by atoms with Crippen molar-refractivity contribution in [3.63, 3.8) is 0 Å². The molecule has 0 saturated carbocycles. The number of aromatic nitrogens is 3. The second-order valence-electron chi connectivity index (χ2n) is 4.96. The highest BCUT2D eigenvalue weighted by molar-refractivity contribution is 6.32. The zero-order chi connectivity index (χ0) is 16.6. The van der Waals surface area contributed by atoms with Gasteiger partial charge in [-0.3, -0.25) is 9.36 Å². The summed E-state index contributed by atoms with van der Waals surface area (Å²) in [4.78, 5) is 27.6. The van der Waals surface area contributed by atoms with Crippen molar-refractivity contribution >= 4 is 17.6 Å². The molecule has 3 aromatic rings. The smallest absolute Gasteiger partial charge is 0.341 e. The highest BCUT2D eigenvalue weighted by Gasteiger charge is 2.15. The van der Waals surface area contributed by atoms with Crippen LogP contribution in [0.4, 0.5) is 0 Å². The fourth-order valence-electron chi connectivity index (χ4n) is 2.35. The molecule has 0 aliphatic heterocycles. The van der Waals surface area contributed by atoms with Crippen LogP contribution in [0, 0.1) is 6.92 Å². The van der Waals surface area contributed by atoms with Crippen molar-refractivity contribution < 1.29 is 9.90 Å². The molecule has 2 heterocycles. The number of rotatable bonds is 3. The van der Waals surface area contributed by atoms with E-state index in [1.165, 1.54) is 10.8 Å². The van der Waals surface area contributed by atoms with Crippen LogP contribution in [0.2, 0.25) is 5.02 Å². The van der Waals surface area contributed by atoms with E-state index < -0.39 is 11.5 Å². The molecule has 0 amide bonds. The first kappa shape index (κ1) is 15.1. The Kier molecular flexibility index (Phi) is 3.75. The van der Waals surface area contributed by atoms with E-state index in [1.807, 2.05) is 0 Å². The lowest BCUT2D eigenvalue weighted by Crippen LogP contribution is -2.26. The van der Waals surface area contributed by atoms with Crippen molar-refractivity contribution in [3.8, 4) is 11.4 Å². The van der Waals surface area contributed by atoms with E-state index in [1.54, 1.807) is 54.5 Å². The van der Waals surface area contributed by atoms with E-state index in [4.69, 9.17) is 11.6 Å². The fourth-order valence-corrected chi connectivity index (χ4v) is 2.62. The molecule has 0 unspecified atom stereocenters. The van der Waals surface area contributed by atoms with E-state index in [2.05, 4.69) is 4.98 Å². The second kappa shape index (κ2) is 5.73. The van der Waals surface area contributed by atoms with Gasteiger partial charge in [-0.1, -0.05) is 11.6 Å². The highest BCUT2D eigenvalue weighted by Crippen LogP contribution is 2.23. The number of benzene rings is 1. The first-order chi connectivity index (χ1) is 11.0. The molecule has 0 spiro atoms. The standard InChI is InChI=1S/C16H12ClN3O3/c1-10-4-6-20(15(21)14(10)16(22)23)11-2-3-13(12(17)8-11)19-7-5-18-9-19/h2-9H,1H3,(H,22,23). The van der Waals surface area contributed by atoms with Crippen LogP contribution in [0.25, 0.3) is 11.4 Å². The number of aryl methyl sites for hydroxylation is 1. The summed E-state index contributed by atoms with van der Waals surface area (Å²) in [5.74, 6) is -1.25. The van der Waals surface area contributed by atoms with Gasteiger partial charge in [-0.05, 0) is 36.8 Å². The van der Waals surface area contributed by atoms with Gasteiger partial charge in [0.15, 0.2) is 0 Å². The predicted octanol–water partition coefficient (Wildman–Crippen LogP) is 2.68. The summed E-state index contributed by atoms with van der Waals surface area (Å²) < 4.78 is 3.01. The summed E-state index contributed by atoms with van der Waals surface area (Å²) in [5, 5.41) is 9.61. The Balaban J connectivity index is 2.14. The van der Waals surface area contributed by atoms with E-state index in [9.17, 15) is 14.7 Å². The van der Waals surface area contributed by atoms with E-state index in [0.717, 1.165) is 0 Å². The third-order valence-corrected chi connectivity index (χ3v) is 3.81. The molecule has 23 heavy (non-hydrogen) atoms. The molecule has 116 valence electrons. The molecule has 0 aliphatic rings. The molecule has 3 rings (SSSR count). The molecule has 0 fully saturated rings. The number of carbonyl (C=O) groups is 1.